The normalized spacial score (nSPS) is 25.9. The van der Waals surface area contributed by atoms with E-state index in [9.17, 15) is 62.3 Å². The van der Waals surface area contributed by atoms with E-state index in [0.717, 1.165) is 9.80 Å². The van der Waals surface area contributed by atoms with E-state index >= 15 is 0 Å². The van der Waals surface area contributed by atoms with Gasteiger partial charge in [-0.25, -0.2) is 0 Å². The molecule has 0 aromatic carbocycles. The molecule has 8 N–H and O–H groups in total. The minimum Gasteiger partial charge on any atom is -0.481 e. The maximum atomic E-state index is 14.8. The third kappa shape index (κ3) is 24.1. The van der Waals surface area contributed by atoms with Crippen molar-refractivity contribution in [1.29, 1.82) is 0 Å². The molecule has 1 aliphatic heterocycles. The van der Waals surface area contributed by atoms with Crippen LogP contribution in [0, 0.1) is 41.4 Å². The van der Waals surface area contributed by atoms with Crippen molar-refractivity contribution in [2.45, 2.75) is 223 Å². The van der Waals surface area contributed by atoms with Gasteiger partial charge in [-0.15, -0.1) is 0 Å². The van der Waals surface area contributed by atoms with Crippen LogP contribution in [0.5, 0.6) is 0 Å². The number of nitrogens with zero attached hydrogens (tertiary/aromatic N) is 4. The highest BCUT2D eigenvalue weighted by Gasteiger charge is 2.42. The lowest BCUT2D eigenvalue weighted by Gasteiger charge is -2.36. The standard InChI is InChI=1S/C61H105N11O14/c1-21-41-53(78)62-31-46(73)69(17)43(28-33(4)5)56(81)67-48(36(10)11)61(86)71(19)44(29-34(6)7)54(79)63-39(15)52(77)64-40(16)59(84)70(18)45(30-35(8)9)55(80)66-42(27-32(2)3)60(85)72(20)50(37(12)13)58(83)68-49(57(82)65-41)51(76)38(14)25-23-22-24-26-47(74)75/h22-23,32-45,48-50H,21,24-31H2,1-20H3,(H,62,78)(H,63,79)(H,64,77)(H,65,82)(H,66,80)(H,67,81)(H,68,83)(H,74,75)/t38-,39+,40-,41+,42+,43+,44-,45-,48+,49?,50+/m1/s1. The van der Waals surface area contributed by atoms with Crippen molar-refractivity contribution in [3.8, 4) is 0 Å². The Balaban J connectivity index is 4.19. The number of nitrogens with one attached hydrogen (secondary N) is 7. The monoisotopic (exact) mass is 1220 g/mol. The van der Waals surface area contributed by atoms with Gasteiger partial charge in [-0.1, -0.05) is 109 Å². The van der Waals surface area contributed by atoms with E-state index in [-0.39, 0.29) is 75.0 Å². The molecule has 1 aliphatic rings. The van der Waals surface area contributed by atoms with Gasteiger partial charge in [0.1, 0.15) is 54.4 Å². The van der Waals surface area contributed by atoms with Crippen molar-refractivity contribution in [2.24, 2.45) is 41.4 Å². The highest BCUT2D eigenvalue weighted by atomic mass is 16.4. The van der Waals surface area contributed by atoms with Crippen LogP contribution in [0.25, 0.3) is 0 Å². The Morgan fingerprint density at radius 1 is 0.500 bits per heavy atom. The fourth-order valence-corrected chi connectivity index (χ4v) is 10.0. The molecular weight excluding hydrogens is 1110 g/mol. The van der Waals surface area contributed by atoms with Crippen LogP contribution in [-0.2, 0) is 62.3 Å². The van der Waals surface area contributed by atoms with Gasteiger partial charge in [0.25, 0.3) is 5.91 Å². The second-order valence-corrected chi connectivity index (χ2v) is 25.4. The summed E-state index contributed by atoms with van der Waals surface area (Å²) in [5.74, 6) is -13.2. The van der Waals surface area contributed by atoms with Gasteiger partial charge in [0.2, 0.25) is 59.1 Å². The summed E-state index contributed by atoms with van der Waals surface area (Å²) in [5.41, 5.74) is 0. The predicted molar refractivity (Wildman–Crippen MR) is 325 cm³/mol. The molecule has 0 bridgehead atoms. The Bertz CT molecular complexity index is 2410. The van der Waals surface area contributed by atoms with Gasteiger partial charge >= 0.3 is 5.97 Å². The largest absolute Gasteiger partial charge is 0.481 e. The van der Waals surface area contributed by atoms with Crippen molar-refractivity contribution in [2.75, 3.05) is 34.7 Å². The molecule has 0 saturated carbocycles. The van der Waals surface area contributed by atoms with Crippen LogP contribution in [-0.4, -0.2) is 197 Å². The number of carboxylic acid groups (broad SMARTS) is 1. The number of carbonyl (C=O) groups is 13. The lowest BCUT2D eigenvalue weighted by atomic mass is 9.93. The molecule has 1 unspecified atom stereocenters. The molecule has 1 fully saturated rings. The Kier molecular flexibility index (Phi) is 32.5. The number of allylic oxidation sites excluding steroid dienone is 2. The first-order chi connectivity index (χ1) is 39.8. The van der Waals surface area contributed by atoms with Gasteiger partial charge in [-0.05, 0) is 94.3 Å². The number of rotatable bonds is 18. The second-order valence-electron chi connectivity index (χ2n) is 25.4. The minimum absolute atomic E-state index is 0.0257. The molecule has 25 nitrogen and oxygen atoms in total. The van der Waals surface area contributed by atoms with Crippen molar-refractivity contribution < 1.29 is 67.4 Å². The topological polar surface area (TPSA) is 339 Å². The lowest BCUT2D eigenvalue weighted by molar-refractivity contribution is -0.147. The zero-order valence-electron chi connectivity index (χ0n) is 54.9. The summed E-state index contributed by atoms with van der Waals surface area (Å²) in [5, 5.41) is 27.6. The summed E-state index contributed by atoms with van der Waals surface area (Å²) in [7, 11) is 5.50. The molecule has 1 heterocycles. The minimum atomic E-state index is -1.96. The third-order valence-electron chi connectivity index (χ3n) is 15.1. The Labute approximate surface area is 510 Å². The fourth-order valence-electron chi connectivity index (χ4n) is 10.0. The number of Topliss-reactive ketones (excluding diaryl/α,β-unsaturated/α-hetero) is 1. The maximum Gasteiger partial charge on any atom is 0.303 e. The van der Waals surface area contributed by atoms with Crippen molar-refractivity contribution in [1.82, 2.24) is 56.8 Å². The smallest absolute Gasteiger partial charge is 0.303 e. The van der Waals surface area contributed by atoms with E-state index in [1.807, 2.05) is 55.4 Å². The number of hydrogen-bond acceptors (Lipinski definition) is 13. The van der Waals surface area contributed by atoms with Gasteiger partial charge in [-0.2, -0.15) is 0 Å². The van der Waals surface area contributed by atoms with E-state index in [4.69, 9.17) is 5.11 Å². The molecule has 25 heteroatoms. The Hall–Kier alpha value is -6.95. The van der Waals surface area contributed by atoms with E-state index in [0.29, 0.717) is 0 Å². The molecule has 86 heavy (non-hydrogen) atoms. The molecule has 0 aliphatic carbocycles. The van der Waals surface area contributed by atoms with Gasteiger partial charge in [-0.3, -0.25) is 62.3 Å². The molecule has 0 spiro atoms. The van der Waals surface area contributed by atoms with Crippen LogP contribution in [0.15, 0.2) is 12.2 Å². The Morgan fingerprint density at radius 2 is 0.965 bits per heavy atom. The number of likely N-dealkylation sites (N-methyl/N-ethyl adjacent to an activating group) is 4. The number of aliphatic carboxylic acids is 1. The van der Waals surface area contributed by atoms with E-state index in [2.05, 4.69) is 37.2 Å². The van der Waals surface area contributed by atoms with Crippen LogP contribution in [0.3, 0.4) is 0 Å². The number of hydrogen-bond donors (Lipinski definition) is 8. The zero-order valence-corrected chi connectivity index (χ0v) is 54.9. The highest BCUT2D eigenvalue weighted by Crippen LogP contribution is 2.21. The summed E-state index contributed by atoms with van der Waals surface area (Å²) in [6.45, 7) is 26.5. The van der Waals surface area contributed by atoms with E-state index in [1.165, 1.54) is 58.8 Å². The second kappa shape index (κ2) is 36.3. The third-order valence-corrected chi connectivity index (χ3v) is 15.1. The van der Waals surface area contributed by atoms with Crippen molar-refractivity contribution in [3.63, 3.8) is 0 Å². The summed E-state index contributed by atoms with van der Waals surface area (Å²) >= 11 is 0. The predicted octanol–water partition coefficient (Wildman–Crippen LogP) is 2.30. The maximum absolute atomic E-state index is 14.8. The molecule has 0 aromatic rings. The van der Waals surface area contributed by atoms with Crippen LogP contribution < -0.4 is 37.2 Å². The van der Waals surface area contributed by atoms with E-state index < -0.39 is 161 Å². The van der Waals surface area contributed by atoms with E-state index in [1.54, 1.807) is 46.8 Å². The molecule has 488 valence electrons. The first-order valence-electron chi connectivity index (χ1n) is 30.4. The fraction of sp³-hybridized carbons (Fsp3) is 0.754. The van der Waals surface area contributed by atoms with Gasteiger partial charge in [0.05, 0.1) is 6.54 Å². The SMILES string of the molecule is CC[C@@H]1NC(=O)C(C(=O)[C@H](C)CC=CCCC(=O)O)NC(=O)[C@H](C(C)C)N(C)C(=O)[C@H](CC(C)C)NC(=O)[C@@H](CC(C)C)N(C)C(=O)[C@@H](C)NC(=O)[C@H](C)NC(=O)[C@@H](CC(C)C)N(C)C(=O)[C@H](C(C)C)NC(=O)[C@H](CC(C)C)N(C)C(=O)CNC1=O. The molecular formula is C61H105N11O14. The quantitative estimate of drug-likeness (QED) is 0.0722. The average molecular weight is 1220 g/mol. The number of carbonyl (C=O) groups excluding carboxylic acids is 12. The first-order valence-corrected chi connectivity index (χ1v) is 30.4. The van der Waals surface area contributed by atoms with Crippen molar-refractivity contribution >= 4 is 76.7 Å². The summed E-state index contributed by atoms with van der Waals surface area (Å²) in [6, 6.07) is -13.2. The average Bonchev–Trinajstić information content (AvgIpc) is 2.63. The highest BCUT2D eigenvalue weighted by molar-refractivity contribution is 6.10. The van der Waals surface area contributed by atoms with Gasteiger partial charge in [0.15, 0.2) is 11.8 Å². The Morgan fingerprint density at radius 3 is 1.44 bits per heavy atom. The number of amides is 11. The molecule has 1 rings (SSSR count). The summed E-state index contributed by atoms with van der Waals surface area (Å²) in [4.78, 5) is 188. The van der Waals surface area contributed by atoms with Crippen LogP contribution in [0.4, 0.5) is 0 Å². The zero-order chi connectivity index (χ0) is 66.4. The molecule has 0 aromatic heterocycles. The first kappa shape index (κ1) is 77.1. The summed E-state index contributed by atoms with van der Waals surface area (Å²) < 4.78 is 0. The molecule has 0 radical (unpaired) electrons. The van der Waals surface area contributed by atoms with Gasteiger partial charge < -0.3 is 61.9 Å². The van der Waals surface area contributed by atoms with Crippen molar-refractivity contribution in [3.05, 3.63) is 12.2 Å². The molecule has 11 amide bonds. The molecule has 1 saturated heterocycles. The van der Waals surface area contributed by atoms with Crippen LogP contribution in [0.1, 0.15) is 162 Å². The lowest BCUT2D eigenvalue weighted by Crippen LogP contribution is -2.62. The number of ketones is 1. The number of carboxylic acids is 1. The van der Waals surface area contributed by atoms with Crippen LogP contribution in [0.2, 0.25) is 0 Å². The summed E-state index contributed by atoms with van der Waals surface area (Å²) in [6.07, 6.45) is 3.53. The van der Waals surface area contributed by atoms with Crippen LogP contribution >= 0.6 is 0 Å². The van der Waals surface area contributed by atoms with Gasteiger partial charge in [0, 0.05) is 40.5 Å². The molecule has 11 atom stereocenters.